The summed E-state index contributed by atoms with van der Waals surface area (Å²) in [6.07, 6.45) is 8.67. The lowest BCUT2D eigenvalue weighted by molar-refractivity contribution is -0.00000275. The summed E-state index contributed by atoms with van der Waals surface area (Å²) in [5.74, 6) is 0. The van der Waals surface area contributed by atoms with Crippen LogP contribution in [0, 0.1) is 0 Å². The summed E-state index contributed by atoms with van der Waals surface area (Å²) in [4.78, 5) is 0. The van der Waals surface area contributed by atoms with Crippen LogP contribution in [-0.2, 0) is 0 Å². The van der Waals surface area contributed by atoms with E-state index in [1.165, 1.54) is 38.0 Å². The van der Waals surface area contributed by atoms with E-state index in [1.807, 2.05) is 0 Å². The summed E-state index contributed by atoms with van der Waals surface area (Å²) in [6.45, 7) is 9.61. The van der Waals surface area contributed by atoms with E-state index in [1.54, 1.807) is 0 Å². The van der Waals surface area contributed by atoms with Crippen LogP contribution in [0.4, 0.5) is 0 Å². The van der Waals surface area contributed by atoms with Crippen LogP contribution in [0.15, 0.2) is 0 Å². The third-order valence-corrected chi connectivity index (χ3v) is 5.29. The highest BCUT2D eigenvalue weighted by Crippen LogP contribution is 2.52. The van der Waals surface area contributed by atoms with Crippen molar-refractivity contribution in [1.82, 2.24) is 0 Å². The maximum atomic E-state index is 2.51. The Hall–Kier alpha value is 1.16. The molecule has 0 bridgehead atoms. The van der Waals surface area contributed by atoms with Crippen molar-refractivity contribution in [1.29, 1.82) is 0 Å². The predicted octanol–water partition coefficient (Wildman–Crippen LogP) is 0.868. The lowest BCUT2D eigenvalue weighted by atomic mass is 10.4. The van der Waals surface area contributed by atoms with Crippen molar-refractivity contribution in [2.24, 2.45) is 0 Å². The van der Waals surface area contributed by atoms with Crippen LogP contribution in [0.3, 0.4) is 0 Å². The van der Waals surface area contributed by atoms with Gasteiger partial charge in [0.2, 0.25) is 0 Å². The maximum Gasteiger partial charge on any atom is 0.0588 e. The Kier molecular flexibility index (Phi) is 11.4. The van der Waals surface area contributed by atoms with Crippen LogP contribution in [0.5, 0.6) is 0 Å². The van der Waals surface area contributed by atoms with Crippen LogP contribution in [-0.4, -0.2) is 25.7 Å². The molecule has 12 heavy (non-hydrogen) atoms. The van der Waals surface area contributed by atoms with Crippen molar-refractivity contribution in [3.63, 3.8) is 0 Å². The molecule has 0 spiro atoms. The molecule has 0 nitrogen and oxygen atoms in total. The van der Waals surface area contributed by atoms with Gasteiger partial charge in [0.1, 0.15) is 0 Å². The van der Waals surface area contributed by atoms with Crippen LogP contribution in [0.2, 0.25) is 0 Å². The van der Waals surface area contributed by atoms with E-state index in [2.05, 4.69) is 27.2 Å². The summed E-state index contributed by atoms with van der Waals surface area (Å²) in [6, 6.07) is 0. The molecular formula is C10H24IP. The van der Waals surface area contributed by atoms with Crippen LogP contribution in [0.1, 0.15) is 39.5 Å². The molecule has 0 N–H and O–H groups in total. The average Bonchev–Trinajstić information content (AvgIpc) is 1.97. The third kappa shape index (κ3) is 9.25. The first-order chi connectivity index (χ1) is 5.12. The van der Waals surface area contributed by atoms with Gasteiger partial charge in [-0.3, -0.25) is 0 Å². The van der Waals surface area contributed by atoms with Crippen LogP contribution < -0.4 is 24.0 Å². The molecule has 0 aliphatic rings. The molecule has 0 aliphatic heterocycles. The molecule has 0 heterocycles. The zero-order valence-corrected chi connectivity index (χ0v) is 12.1. The van der Waals surface area contributed by atoms with E-state index in [-0.39, 0.29) is 24.0 Å². The Bertz CT molecular complexity index is 81.8. The first-order valence-corrected chi connectivity index (χ1v) is 7.99. The first-order valence-electron chi connectivity index (χ1n) is 4.94. The molecule has 0 aliphatic carbocycles. The quantitative estimate of drug-likeness (QED) is 0.504. The predicted molar refractivity (Wildman–Crippen MR) is 58.3 cm³/mol. The SMILES string of the molecule is CCCC[P+](C)(C)CCCC.[I-]. The van der Waals surface area contributed by atoms with Crippen molar-refractivity contribution in [2.45, 2.75) is 39.5 Å². The lowest BCUT2D eigenvalue weighted by Gasteiger charge is -2.16. The molecule has 0 amide bonds. The summed E-state index contributed by atoms with van der Waals surface area (Å²) in [5.41, 5.74) is 0. The molecule has 0 saturated carbocycles. The molecular weight excluding hydrogens is 278 g/mol. The summed E-state index contributed by atoms with van der Waals surface area (Å²) in [7, 11) is -0.476. The van der Waals surface area contributed by atoms with Gasteiger partial charge < -0.3 is 24.0 Å². The summed E-state index contributed by atoms with van der Waals surface area (Å²) in [5, 5.41) is 0. The molecule has 2 heteroatoms. The van der Waals surface area contributed by atoms with E-state index in [4.69, 9.17) is 0 Å². The molecule has 0 saturated heterocycles. The van der Waals surface area contributed by atoms with Crippen LogP contribution >= 0.6 is 7.26 Å². The number of hydrogen-bond donors (Lipinski definition) is 0. The zero-order chi connectivity index (χ0) is 8.74. The molecule has 0 aromatic heterocycles. The van der Waals surface area contributed by atoms with Crippen LogP contribution in [0.25, 0.3) is 0 Å². The Morgan fingerprint density at radius 1 is 0.833 bits per heavy atom. The average molecular weight is 302 g/mol. The van der Waals surface area contributed by atoms with Crippen molar-refractivity contribution < 1.29 is 24.0 Å². The van der Waals surface area contributed by atoms with Gasteiger partial charge in [-0.1, -0.05) is 26.7 Å². The smallest absolute Gasteiger partial charge is 0.0588 e. The fourth-order valence-electron chi connectivity index (χ4n) is 1.28. The standard InChI is InChI=1S/C10H24P.HI/c1-5-7-9-11(3,4)10-8-6-2;/h5-10H2,1-4H3;1H/q+1;/p-1. The van der Waals surface area contributed by atoms with Gasteiger partial charge in [0.15, 0.2) is 0 Å². The van der Waals surface area contributed by atoms with Crippen molar-refractivity contribution in [2.75, 3.05) is 25.7 Å². The third-order valence-electron chi connectivity index (χ3n) is 2.23. The summed E-state index contributed by atoms with van der Waals surface area (Å²) < 4.78 is 0. The van der Waals surface area contributed by atoms with Crippen molar-refractivity contribution >= 4 is 7.26 Å². The number of rotatable bonds is 6. The van der Waals surface area contributed by atoms with Gasteiger partial charge in [0.05, 0.1) is 12.3 Å². The number of halogens is 1. The van der Waals surface area contributed by atoms with Crippen molar-refractivity contribution in [3.8, 4) is 0 Å². The molecule has 0 aromatic carbocycles. The number of unbranched alkanes of at least 4 members (excludes halogenated alkanes) is 2. The highest BCUT2D eigenvalue weighted by molar-refractivity contribution is 7.74. The molecule has 0 radical (unpaired) electrons. The van der Waals surface area contributed by atoms with E-state index in [9.17, 15) is 0 Å². The van der Waals surface area contributed by atoms with E-state index < -0.39 is 7.26 Å². The normalized spacial score (nSPS) is 11.0. The Morgan fingerprint density at radius 3 is 1.42 bits per heavy atom. The van der Waals surface area contributed by atoms with Gasteiger partial charge in [0, 0.05) is 20.6 Å². The van der Waals surface area contributed by atoms with Gasteiger partial charge >= 0.3 is 0 Å². The van der Waals surface area contributed by atoms with Gasteiger partial charge in [-0.2, -0.15) is 0 Å². The fourth-order valence-corrected chi connectivity index (χ4v) is 3.85. The fraction of sp³-hybridized carbons (Fsp3) is 1.00. The topological polar surface area (TPSA) is 0 Å². The van der Waals surface area contributed by atoms with E-state index in [0.29, 0.717) is 0 Å². The van der Waals surface area contributed by atoms with Crippen molar-refractivity contribution in [3.05, 3.63) is 0 Å². The van der Waals surface area contributed by atoms with E-state index >= 15 is 0 Å². The van der Waals surface area contributed by atoms with Gasteiger partial charge in [-0.15, -0.1) is 0 Å². The monoisotopic (exact) mass is 302 g/mol. The minimum Gasteiger partial charge on any atom is -1.00 e. The second kappa shape index (κ2) is 8.74. The molecule has 0 fully saturated rings. The lowest BCUT2D eigenvalue weighted by Crippen LogP contribution is -3.00. The summed E-state index contributed by atoms with van der Waals surface area (Å²) >= 11 is 0. The Morgan fingerprint density at radius 2 is 1.17 bits per heavy atom. The molecule has 0 aromatic rings. The Labute approximate surface area is 96.3 Å². The molecule has 76 valence electrons. The zero-order valence-electron chi connectivity index (χ0n) is 9.07. The molecule has 0 unspecified atom stereocenters. The first kappa shape index (κ1) is 15.6. The highest BCUT2D eigenvalue weighted by atomic mass is 127. The second-order valence-electron chi connectivity index (χ2n) is 4.09. The van der Waals surface area contributed by atoms with Gasteiger partial charge in [-0.25, -0.2) is 0 Å². The molecule has 0 rings (SSSR count). The minimum absolute atomic E-state index is 0. The van der Waals surface area contributed by atoms with Gasteiger partial charge in [0.25, 0.3) is 0 Å². The number of hydrogen-bond acceptors (Lipinski definition) is 0. The minimum atomic E-state index is -0.476. The van der Waals surface area contributed by atoms with E-state index in [0.717, 1.165) is 0 Å². The maximum absolute atomic E-state index is 2.51. The Balaban J connectivity index is 0. The molecule has 0 atom stereocenters. The highest BCUT2D eigenvalue weighted by Gasteiger charge is 2.22. The second-order valence-corrected chi connectivity index (χ2v) is 8.86. The van der Waals surface area contributed by atoms with Gasteiger partial charge in [-0.05, 0) is 12.8 Å². The largest absolute Gasteiger partial charge is 1.00 e.